The van der Waals surface area contributed by atoms with Crippen molar-refractivity contribution in [3.8, 4) is 0 Å². The van der Waals surface area contributed by atoms with Crippen LogP contribution in [0.4, 0.5) is 0 Å². The molecule has 0 radical (unpaired) electrons. The lowest BCUT2D eigenvalue weighted by atomic mass is 9.98. The van der Waals surface area contributed by atoms with Gasteiger partial charge in [0.2, 0.25) is 23.6 Å². The summed E-state index contributed by atoms with van der Waals surface area (Å²) in [6.45, 7) is 1.82. The van der Waals surface area contributed by atoms with Gasteiger partial charge in [0.15, 0.2) is 5.78 Å². The van der Waals surface area contributed by atoms with E-state index in [1.165, 1.54) is 6.92 Å². The van der Waals surface area contributed by atoms with Crippen LogP contribution < -0.4 is 16.0 Å². The van der Waals surface area contributed by atoms with Gasteiger partial charge in [-0.15, -0.1) is 0 Å². The predicted octanol–water partition coefficient (Wildman–Crippen LogP) is 2.98. The zero-order valence-corrected chi connectivity index (χ0v) is 26.8. The second kappa shape index (κ2) is 15.8. The summed E-state index contributed by atoms with van der Waals surface area (Å²) < 4.78 is 0. The van der Waals surface area contributed by atoms with E-state index in [0.29, 0.717) is 45.1 Å². The molecule has 3 aromatic rings. The number of carbonyl (C=O) groups is 5. The van der Waals surface area contributed by atoms with Gasteiger partial charge < -0.3 is 26.0 Å². The Morgan fingerprint density at radius 2 is 1.43 bits per heavy atom. The average molecular weight is 641 g/mol. The summed E-state index contributed by atoms with van der Waals surface area (Å²) in [6.07, 6.45) is 2.75. The molecule has 2 aliphatic rings. The van der Waals surface area contributed by atoms with Crippen LogP contribution in [0.25, 0.3) is 10.8 Å². The molecule has 2 saturated heterocycles. The van der Waals surface area contributed by atoms with E-state index in [1.54, 1.807) is 4.90 Å². The summed E-state index contributed by atoms with van der Waals surface area (Å²) in [5.41, 5.74) is 1.70. The van der Waals surface area contributed by atoms with Crippen LogP contribution in [0.2, 0.25) is 0 Å². The Kier molecular flexibility index (Phi) is 11.4. The van der Waals surface area contributed by atoms with Crippen LogP contribution >= 0.6 is 0 Å². The molecule has 10 nitrogen and oxygen atoms in total. The van der Waals surface area contributed by atoms with Crippen molar-refractivity contribution in [1.29, 1.82) is 0 Å². The van der Waals surface area contributed by atoms with E-state index in [0.717, 1.165) is 21.9 Å². The molecule has 0 aliphatic carbocycles. The minimum absolute atomic E-state index is 0.184. The number of aliphatic hydroxyl groups is 1. The Hall–Kier alpha value is -4.57. The Balaban J connectivity index is 1.41. The molecular weight excluding hydrogens is 596 g/mol. The van der Waals surface area contributed by atoms with Crippen LogP contribution in [-0.4, -0.2) is 76.2 Å². The molecule has 5 atom stereocenters. The van der Waals surface area contributed by atoms with Gasteiger partial charge in [-0.25, -0.2) is 0 Å². The molecular formula is C37H44N4O6. The van der Waals surface area contributed by atoms with E-state index in [9.17, 15) is 29.1 Å². The second-order valence-corrected chi connectivity index (χ2v) is 12.7. The first kappa shape index (κ1) is 33.8. The lowest BCUT2D eigenvalue weighted by Crippen LogP contribution is -2.61. The highest BCUT2D eigenvalue weighted by atomic mass is 16.3. The predicted molar refractivity (Wildman–Crippen MR) is 178 cm³/mol. The number of aliphatic hydroxyl groups excluding tert-OH is 1. The number of nitrogens with zero attached hydrogens (tertiary/aromatic N) is 1. The molecule has 47 heavy (non-hydrogen) atoms. The lowest BCUT2D eigenvalue weighted by molar-refractivity contribution is -0.143. The third-order valence-electron chi connectivity index (χ3n) is 9.14. The maximum Gasteiger partial charge on any atom is 0.246 e. The minimum atomic E-state index is -1.01. The highest BCUT2D eigenvalue weighted by molar-refractivity contribution is 5.98. The van der Waals surface area contributed by atoms with Gasteiger partial charge in [-0.2, -0.15) is 0 Å². The summed E-state index contributed by atoms with van der Waals surface area (Å²) >= 11 is 0. The summed E-state index contributed by atoms with van der Waals surface area (Å²) in [4.78, 5) is 68.9. The quantitative estimate of drug-likeness (QED) is 0.237. The molecule has 5 rings (SSSR count). The second-order valence-electron chi connectivity index (χ2n) is 12.7. The third-order valence-corrected chi connectivity index (χ3v) is 9.14. The molecule has 2 aliphatic heterocycles. The normalized spacial score (nSPS) is 22.8. The zero-order chi connectivity index (χ0) is 33.3. The molecule has 2 fully saturated rings. The number of benzene rings is 3. The summed E-state index contributed by atoms with van der Waals surface area (Å²) in [7, 11) is 0. The smallest absolute Gasteiger partial charge is 0.246 e. The largest absolute Gasteiger partial charge is 0.386 e. The van der Waals surface area contributed by atoms with Crippen molar-refractivity contribution in [2.75, 3.05) is 6.54 Å². The maximum atomic E-state index is 14.0. The molecule has 3 aromatic carbocycles. The first-order chi connectivity index (χ1) is 22.7. The summed E-state index contributed by atoms with van der Waals surface area (Å²) in [5.74, 6) is -1.90. The first-order valence-corrected chi connectivity index (χ1v) is 16.6. The maximum absolute atomic E-state index is 14.0. The lowest BCUT2D eigenvalue weighted by Gasteiger charge is -2.32. The van der Waals surface area contributed by atoms with Crippen LogP contribution in [0.15, 0.2) is 72.8 Å². The zero-order valence-electron chi connectivity index (χ0n) is 26.8. The third kappa shape index (κ3) is 8.83. The first-order valence-electron chi connectivity index (χ1n) is 16.6. The molecule has 4 N–H and O–H groups in total. The van der Waals surface area contributed by atoms with Crippen molar-refractivity contribution in [2.45, 2.75) is 95.0 Å². The number of unbranched alkanes of at least 4 members (excludes halogenated alkanes) is 2. The standard InChI is InChI=1S/C37H44N4O6/c1-24(42)33(43)17-7-3-6-15-29-34(44)39-30(23-26-18-19-27-13-8-9-14-28(27)21-26)35(45)40-31(22-25-11-4-2-5-12-25)37(47)41-20-10-16-32(41)36(46)38-29/h2,4-5,8-9,11-14,18-19,21,24,29-32,42H,3,6-7,10,15-17,20,22-23H2,1H3,(H,38,46)(H,39,44)(H,40,45)/t24-,29+,30+,31+,32-/m1/s1. The number of carbonyl (C=O) groups excluding carboxylic acids is 5. The van der Waals surface area contributed by atoms with Gasteiger partial charge in [-0.3, -0.25) is 24.0 Å². The van der Waals surface area contributed by atoms with E-state index in [2.05, 4.69) is 16.0 Å². The summed E-state index contributed by atoms with van der Waals surface area (Å²) in [5, 5.41) is 20.3. The Morgan fingerprint density at radius 3 is 2.19 bits per heavy atom. The number of hydrogen-bond donors (Lipinski definition) is 4. The molecule has 248 valence electrons. The van der Waals surface area contributed by atoms with Gasteiger partial charge in [0.05, 0.1) is 0 Å². The fourth-order valence-corrected chi connectivity index (χ4v) is 6.48. The number of hydrogen-bond acceptors (Lipinski definition) is 6. The molecule has 2 heterocycles. The topological polar surface area (TPSA) is 145 Å². The highest BCUT2D eigenvalue weighted by Crippen LogP contribution is 2.22. The van der Waals surface area contributed by atoms with Gasteiger partial charge >= 0.3 is 0 Å². The van der Waals surface area contributed by atoms with E-state index in [1.807, 2.05) is 72.8 Å². The van der Waals surface area contributed by atoms with Crippen molar-refractivity contribution in [3.63, 3.8) is 0 Å². The van der Waals surface area contributed by atoms with Gasteiger partial charge in [0.25, 0.3) is 0 Å². The fourth-order valence-electron chi connectivity index (χ4n) is 6.48. The van der Waals surface area contributed by atoms with Crippen molar-refractivity contribution in [2.24, 2.45) is 0 Å². The molecule has 0 spiro atoms. The molecule has 0 aromatic heterocycles. The number of rotatable bonds is 11. The Labute approximate surface area is 275 Å². The van der Waals surface area contributed by atoms with E-state index >= 15 is 0 Å². The average Bonchev–Trinajstić information content (AvgIpc) is 3.57. The number of Topliss-reactive ketones (excluding diaryl/α,β-unsaturated/α-hetero) is 1. The molecule has 4 amide bonds. The SMILES string of the molecule is C[C@@H](O)C(=O)CCCCC[C@@H]1NC(=O)[C@H]2CCCN2C(=O)[C@H](Cc2ccccc2)NC(=O)[C@H](Cc2ccc3ccccc3c2)NC1=O. The number of fused-ring (bicyclic) bond motifs is 2. The van der Waals surface area contributed by atoms with Crippen molar-refractivity contribution < 1.29 is 29.1 Å². The summed E-state index contributed by atoms with van der Waals surface area (Å²) in [6, 6.07) is 19.6. The molecule has 0 unspecified atom stereocenters. The van der Waals surface area contributed by atoms with Crippen molar-refractivity contribution in [1.82, 2.24) is 20.9 Å². The minimum Gasteiger partial charge on any atom is -0.386 e. The van der Waals surface area contributed by atoms with Crippen molar-refractivity contribution in [3.05, 3.63) is 83.9 Å². The Bertz CT molecular complexity index is 1590. The monoisotopic (exact) mass is 640 g/mol. The molecule has 0 saturated carbocycles. The van der Waals surface area contributed by atoms with Crippen LogP contribution in [0.5, 0.6) is 0 Å². The molecule has 10 heteroatoms. The fraction of sp³-hybridized carbons (Fsp3) is 0.432. The van der Waals surface area contributed by atoms with Gasteiger partial charge in [0, 0.05) is 25.8 Å². The van der Waals surface area contributed by atoms with Crippen LogP contribution in [-0.2, 0) is 36.8 Å². The Morgan fingerprint density at radius 1 is 0.766 bits per heavy atom. The van der Waals surface area contributed by atoms with Gasteiger partial charge in [-0.1, -0.05) is 85.6 Å². The van der Waals surface area contributed by atoms with Crippen LogP contribution in [0.3, 0.4) is 0 Å². The molecule has 0 bridgehead atoms. The van der Waals surface area contributed by atoms with E-state index in [-0.39, 0.29) is 31.0 Å². The number of amides is 4. The van der Waals surface area contributed by atoms with E-state index in [4.69, 9.17) is 0 Å². The van der Waals surface area contributed by atoms with Crippen LogP contribution in [0.1, 0.15) is 63.0 Å². The highest BCUT2D eigenvalue weighted by Gasteiger charge is 2.40. The number of ketones is 1. The van der Waals surface area contributed by atoms with Gasteiger partial charge in [-0.05, 0) is 54.5 Å². The van der Waals surface area contributed by atoms with E-state index < -0.39 is 48.0 Å². The van der Waals surface area contributed by atoms with Crippen molar-refractivity contribution >= 4 is 40.2 Å². The van der Waals surface area contributed by atoms with Crippen LogP contribution in [0, 0.1) is 0 Å². The van der Waals surface area contributed by atoms with Gasteiger partial charge in [0.1, 0.15) is 30.3 Å². The number of nitrogens with one attached hydrogen (secondary N) is 3.